The molecule has 0 fully saturated rings. The van der Waals surface area contributed by atoms with Crippen molar-refractivity contribution in [2.75, 3.05) is 6.54 Å². The van der Waals surface area contributed by atoms with Gasteiger partial charge in [0.1, 0.15) is 6.54 Å². The summed E-state index contributed by atoms with van der Waals surface area (Å²) in [7, 11) is 0. The Morgan fingerprint density at radius 3 is 2.48 bits per heavy atom. The fourth-order valence-electron chi connectivity index (χ4n) is 1.86. The molecule has 21 heavy (non-hydrogen) atoms. The molecule has 0 aliphatic heterocycles. The van der Waals surface area contributed by atoms with Crippen molar-refractivity contribution >= 4 is 34.2 Å². The second-order valence-electron chi connectivity index (χ2n) is 4.60. The van der Waals surface area contributed by atoms with Gasteiger partial charge in [0.25, 0.3) is 5.56 Å². The molecule has 0 aliphatic carbocycles. The molecule has 0 aromatic carbocycles. The highest BCUT2D eigenvalue weighted by atomic mass is 79.9. The van der Waals surface area contributed by atoms with Crippen LogP contribution in [0.1, 0.15) is 26.7 Å². The van der Waals surface area contributed by atoms with Gasteiger partial charge in [-0.1, -0.05) is 13.8 Å². The van der Waals surface area contributed by atoms with Crippen molar-refractivity contribution in [3.8, 4) is 0 Å². The van der Waals surface area contributed by atoms with Gasteiger partial charge in [0, 0.05) is 12.7 Å². The molecule has 0 unspecified atom stereocenters. The van der Waals surface area contributed by atoms with Crippen molar-refractivity contribution in [1.29, 1.82) is 0 Å². The number of hydrogen-bond donors (Lipinski definition) is 3. The molecule has 0 radical (unpaired) electrons. The number of halogens is 2. The highest BCUT2D eigenvalue weighted by molar-refractivity contribution is 9.10. The molecule has 0 bridgehead atoms. The van der Waals surface area contributed by atoms with Crippen LogP contribution in [0, 0.1) is 0 Å². The maximum atomic E-state index is 12.0. The van der Waals surface area contributed by atoms with Gasteiger partial charge in [-0.05, 0) is 28.8 Å². The quantitative estimate of drug-likeness (QED) is 0.658. The Bertz CT molecular complexity index is 587. The lowest BCUT2D eigenvalue weighted by molar-refractivity contribution is -0.123. The van der Waals surface area contributed by atoms with E-state index in [2.05, 4.69) is 26.2 Å². The van der Waals surface area contributed by atoms with Crippen molar-refractivity contribution in [3.63, 3.8) is 0 Å². The predicted molar refractivity (Wildman–Crippen MR) is 86.8 cm³/mol. The van der Waals surface area contributed by atoms with E-state index in [-0.39, 0.29) is 29.3 Å². The zero-order valence-corrected chi connectivity index (χ0v) is 14.3. The van der Waals surface area contributed by atoms with Crippen molar-refractivity contribution < 1.29 is 4.79 Å². The lowest BCUT2D eigenvalue weighted by Crippen LogP contribution is -2.54. The largest absolute Gasteiger partial charge is 0.348 e. The van der Waals surface area contributed by atoms with Gasteiger partial charge in [0.2, 0.25) is 5.91 Å². The average Bonchev–Trinajstić information content (AvgIpc) is 2.42. The van der Waals surface area contributed by atoms with E-state index in [4.69, 9.17) is 5.73 Å². The summed E-state index contributed by atoms with van der Waals surface area (Å²) in [5.41, 5.74) is 4.10. The number of aromatic amines is 1. The summed E-state index contributed by atoms with van der Waals surface area (Å²) in [6.45, 7) is 4.05. The molecular weight excluding hydrogens is 364 g/mol. The number of carbonyl (C=O) groups is 1. The lowest BCUT2D eigenvalue weighted by Gasteiger charge is -2.31. The van der Waals surface area contributed by atoms with Crippen LogP contribution < -0.4 is 22.3 Å². The second-order valence-corrected chi connectivity index (χ2v) is 5.46. The summed E-state index contributed by atoms with van der Waals surface area (Å²) in [6, 6.07) is 0. The SMILES string of the molecule is CCC(CC)(CN)NC(=O)Cn1cc(Br)c(=O)[nH]c1=O.Cl. The van der Waals surface area contributed by atoms with E-state index < -0.39 is 16.8 Å². The molecule has 1 heterocycles. The van der Waals surface area contributed by atoms with Gasteiger partial charge in [-0.2, -0.15) is 0 Å². The van der Waals surface area contributed by atoms with Gasteiger partial charge < -0.3 is 11.1 Å². The van der Waals surface area contributed by atoms with E-state index >= 15 is 0 Å². The predicted octanol–water partition coefficient (Wildman–Crippen LogP) is 0.355. The van der Waals surface area contributed by atoms with Crippen LogP contribution in [0.5, 0.6) is 0 Å². The summed E-state index contributed by atoms with van der Waals surface area (Å²) in [5, 5.41) is 2.86. The maximum Gasteiger partial charge on any atom is 0.328 e. The third kappa shape index (κ3) is 4.98. The van der Waals surface area contributed by atoms with Gasteiger partial charge in [0.15, 0.2) is 0 Å². The summed E-state index contributed by atoms with van der Waals surface area (Å²) in [5.74, 6) is -0.319. The Morgan fingerprint density at radius 2 is 2.00 bits per heavy atom. The first-order chi connectivity index (χ1) is 9.37. The Labute approximate surface area is 136 Å². The average molecular weight is 384 g/mol. The zero-order chi connectivity index (χ0) is 15.3. The lowest BCUT2D eigenvalue weighted by atomic mass is 9.93. The normalized spacial score (nSPS) is 10.9. The first kappa shape index (κ1) is 19.9. The molecule has 7 nitrogen and oxygen atoms in total. The fourth-order valence-corrected chi connectivity index (χ4v) is 2.20. The third-order valence-corrected chi connectivity index (χ3v) is 4.00. The van der Waals surface area contributed by atoms with Gasteiger partial charge in [-0.3, -0.25) is 19.1 Å². The molecule has 0 atom stereocenters. The first-order valence-electron chi connectivity index (χ1n) is 6.37. The minimum Gasteiger partial charge on any atom is -0.348 e. The van der Waals surface area contributed by atoms with Crippen molar-refractivity contribution in [2.24, 2.45) is 5.73 Å². The van der Waals surface area contributed by atoms with Gasteiger partial charge in [-0.25, -0.2) is 4.79 Å². The smallest absolute Gasteiger partial charge is 0.328 e. The topological polar surface area (TPSA) is 110 Å². The first-order valence-corrected chi connectivity index (χ1v) is 7.17. The summed E-state index contributed by atoms with van der Waals surface area (Å²) in [4.78, 5) is 36.9. The number of nitrogens with two attached hydrogens (primary N) is 1. The monoisotopic (exact) mass is 382 g/mol. The van der Waals surface area contributed by atoms with Crippen molar-refractivity contribution in [1.82, 2.24) is 14.9 Å². The number of rotatable bonds is 6. The fraction of sp³-hybridized carbons (Fsp3) is 0.583. The van der Waals surface area contributed by atoms with Crippen LogP contribution in [0.3, 0.4) is 0 Å². The number of aromatic nitrogens is 2. The number of amides is 1. The van der Waals surface area contributed by atoms with Crippen LogP contribution in [-0.4, -0.2) is 27.5 Å². The van der Waals surface area contributed by atoms with E-state index in [1.54, 1.807) is 0 Å². The van der Waals surface area contributed by atoms with Gasteiger partial charge in [0.05, 0.1) is 10.0 Å². The highest BCUT2D eigenvalue weighted by Crippen LogP contribution is 2.13. The van der Waals surface area contributed by atoms with E-state index in [1.165, 1.54) is 6.20 Å². The molecule has 1 aromatic heterocycles. The molecule has 1 amide bonds. The molecule has 4 N–H and O–H groups in total. The standard InChI is InChI=1S/C12H19BrN4O3.ClH/c1-3-12(4-2,7-14)16-9(18)6-17-5-8(13)10(19)15-11(17)20;/h5H,3-4,6-7,14H2,1-2H3,(H,16,18)(H,15,19,20);1H. The van der Waals surface area contributed by atoms with Crippen molar-refractivity contribution in [3.05, 3.63) is 31.5 Å². The Morgan fingerprint density at radius 1 is 1.43 bits per heavy atom. The van der Waals surface area contributed by atoms with Crippen molar-refractivity contribution in [2.45, 2.75) is 38.8 Å². The van der Waals surface area contributed by atoms with Crippen LogP contribution in [0.2, 0.25) is 0 Å². The number of nitrogens with zero attached hydrogens (tertiary/aromatic N) is 1. The highest BCUT2D eigenvalue weighted by Gasteiger charge is 2.26. The van der Waals surface area contributed by atoms with Gasteiger partial charge >= 0.3 is 5.69 Å². The molecular formula is C12H20BrClN4O3. The van der Waals surface area contributed by atoms with Crippen LogP contribution in [0.25, 0.3) is 0 Å². The minimum absolute atomic E-state index is 0. The van der Waals surface area contributed by atoms with Crippen LogP contribution in [0.4, 0.5) is 0 Å². The molecule has 1 rings (SSSR count). The Kier molecular flexibility index (Phi) is 7.91. The molecule has 0 saturated heterocycles. The summed E-state index contributed by atoms with van der Waals surface area (Å²) in [6.07, 6.45) is 2.70. The molecule has 1 aromatic rings. The Balaban J connectivity index is 0.00000400. The zero-order valence-electron chi connectivity index (χ0n) is 11.9. The van der Waals surface area contributed by atoms with Crippen LogP contribution in [-0.2, 0) is 11.3 Å². The molecule has 0 aliphatic rings. The molecule has 9 heteroatoms. The maximum absolute atomic E-state index is 12.0. The number of hydrogen-bond acceptors (Lipinski definition) is 4. The number of carbonyl (C=O) groups excluding carboxylic acids is 1. The van der Waals surface area contributed by atoms with E-state index in [0.717, 1.165) is 4.57 Å². The van der Waals surface area contributed by atoms with Crippen LogP contribution >= 0.6 is 28.3 Å². The summed E-state index contributed by atoms with van der Waals surface area (Å²) < 4.78 is 1.33. The van der Waals surface area contributed by atoms with Crippen LogP contribution in [0.15, 0.2) is 20.3 Å². The van der Waals surface area contributed by atoms with E-state index in [1.807, 2.05) is 13.8 Å². The van der Waals surface area contributed by atoms with E-state index in [9.17, 15) is 14.4 Å². The summed E-state index contributed by atoms with van der Waals surface area (Å²) >= 11 is 3.02. The second kappa shape index (κ2) is 8.35. The Hall–Kier alpha value is -1.12. The van der Waals surface area contributed by atoms with Gasteiger partial charge in [-0.15, -0.1) is 12.4 Å². The number of H-pyrrole nitrogens is 1. The van der Waals surface area contributed by atoms with E-state index in [0.29, 0.717) is 19.4 Å². The number of nitrogens with one attached hydrogen (secondary N) is 2. The molecule has 0 spiro atoms. The minimum atomic E-state index is -0.625. The third-order valence-electron chi connectivity index (χ3n) is 3.43. The molecule has 0 saturated carbocycles. The molecule has 120 valence electrons.